The predicted molar refractivity (Wildman–Crippen MR) is 131 cm³/mol. The molecule has 0 bridgehead atoms. The quantitative estimate of drug-likeness (QED) is 0.331. The van der Waals surface area contributed by atoms with Crippen molar-refractivity contribution in [3.05, 3.63) is 95.0 Å². The van der Waals surface area contributed by atoms with Crippen LogP contribution in [-0.2, 0) is 27.2 Å². The number of hydrogen-bond donors (Lipinski definition) is 1. The zero-order valence-corrected chi connectivity index (χ0v) is 19.5. The first-order valence-corrected chi connectivity index (χ1v) is 11.6. The molecular formula is C28H29ClO4. The number of halogens is 1. The molecule has 0 aliphatic heterocycles. The Labute approximate surface area is 200 Å². The van der Waals surface area contributed by atoms with E-state index in [0.29, 0.717) is 24.3 Å². The molecule has 0 spiro atoms. The van der Waals surface area contributed by atoms with E-state index in [1.54, 1.807) is 6.92 Å². The molecule has 0 unspecified atom stereocenters. The van der Waals surface area contributed by atoms with Gasteiger partial charge < -0.3 is 9.84 Å². The fourth-order valence-electron chi connectivity index (χ4n) is 3.98. The summed E-state index contributed by atoms with van der Waals surface area (Å²) >= 11 is 6.09. The molecule has 4 nitrogen and oxygen atoms in total. The Balaban J connectivity index is 1.70. The van der Waals surface area contributed by atoms with Crippen LogP contribution >= 0.6 is 11.6 Å². The van der Waals surface area contributed by atoms with Gasteiger partial charge in [0.05, 0.1) is 18.4 Å². The van der Waals surface area contributed by atoms with Gasteiger partial charge in [0.2, 0.25) is 0 Å². The van der Waals surface area contributed by atoms with Crippen molar-refractivity contribution in [3.8, 4) is 11.1 Å². The Morgan fingerprint density at radius 3 is 2.24 bits per heavy atom. The van der Waals surface area contributed by atoms with Crippen molar-refractivity contribution in [1.82, 2.24) is 0 Å². The highest BCUT2D eigenvalue weighted by atomic mass is 35.5. The summed E-state index contributed by atoms with van der Waals surface area (Å²) in [6.45, 7) is 2.05. The number of carbonyl (C=O) groups excluding carboxylic acids is 1. The van der Waals surface area contributed by atoms with Crippen molar-refractivity contribution in [1.29, 1.82) is 0 Å². The Morgan fingerprint density at radius 2 is 1.61 bits per heavy atom. The highest BCUT2D eigenvalue weighted by molar-refractivity contribution is 6.30. The zero-order chi connectivity index (χ0) is 23.6. The van der Waals surface area contributed by atoms with E-state index >= 15 is 0 Å². The van der Waals surface area contributed by atoms with E-state index in [9.17, 15) is 14.7 Å². The molecule has 1 N–H and O–H groups in total. The molecule has 5 heteroatoms. The van der Waals surface area contributed by atoms with Crippen molar-refractivity contribution in [3.63, 3.8) is 0 Å². The second-order valence-electron chi connectivity index (χ2n) is 8.16. The Kier molecular flexibility index (Phi) is 9.08. The molecule has 2 atom stereocenters. The molecule has 0 fully saturated rings. The number of carboxylic acids is 1. The van der Waals surface area contributed by atoms with Gasteiger partial charge in [-0.15, -0.1) is 0 Å². The lowest BCUT2D eigenvalue weighted by Crippen LogP contribution is -2.26. The second-order valence-corrected chi connectivity index (χ2v) is 8.59. The Morgan fingerprint density at radius 1 is 0.879 bits per heavy atom. The number of rotatable bonds is 11. The third-order valence-electron chi connectivity index (χ3n) is 5.76. The predicted octanol–water partition coefficient (Wildman–Crippen LogP) is 6.45. The number of benzene rings is 3. The van der Waals surface area contributed by atoms with Gasteiger partial charge in [0.15, 0.2) is 0 Å². The summed E-state index contributed by atoms with van der Waals surface area (Å²) in [6.07, 6.45) is 1.86. The van der Waals surface area contributed by atoms with E-state index in [1.807, 2.05) is 78.9 Å². The second kappa shape index (κ2) is 12.2. The molecule has 0 radical (unpaired) electrons. The van der Waals surface area contributed by atoms with Gasteiger partial charge in [-0.25, -0.2) is 0 Å². The molecule has 0 heterocycles. The first-order valence-electron chi connectivity index (χ1n) is 11.2. The summed E-state index contributed by atoms with van der Waals surface area (Å²) in [5.41, 5.74) is 4.06. The number of aliphatic carboxylic acids is 1. The largest absolute Gasteiger partial charge is 0.481 e. The molecule has 3 rings (SSSR count). The van der Waals surface area contributed by atoms with Crippen LogP contribution in [0.1, 0.15) is 30.9 Å². The van der Waals surface area contributed by atoms with Crippen LogP contribution in [0.3, 0.4) is 0 Å². The van der Waals surface area contributed by atoms with Crippen LogP contribution < -0.4 is 0 Å². The van der Waals surface area contributed by atoms with Crippen molar-refractivity contribution < 1.29 is 19.4 Å². The number of ether oxygens (including phenoxy) is 1. The van der Waals surface area contributed by atoms with Gasteiger partial charge in [0.1, 0.15) is 0 Å². The van der Waals surface area contributed by atoms with E-state index in [-0.39, 0.29) is 19.0 Å². The lowest BCUT2D eigenvalue weighted by Gasteiger charge is -2.20. The minimum atomic E-state index is -0.900. The molecule has 3 aromatic rings. The van der Waals surface area contributed by atoms with Crippen LogP contribution in [-0.4, -0.2) is 23.7 Å². The Bertz CT molecular complexity index is 1050. The summed E-state index contributed by atoms with van der Waals surface area (Å²) in [5, 5.41) is 10.5. The lowest BCUT2D eigenvalue weighted by atomic mass is 9.86. The van der Waals surface area contributed by atoms with Gasteiger partial charge in [0, 0.05) is 5.02 Å². The van der Waals surface area contributed by atoms with Crippen LogP contribution in [0.4, 0.5) is 0 Å². The van der Waals surface area contributed by atoms with Crippen molar-refractivity contribution >= 4 is 23.5 Å². The number of hydrogen-bond acceptors (Lipinski definition) is 3. The van der Waals surface area contributed by atoms with Gasteiger partial charge >= 0.3 is 11.9 Å². The Hall–Kier alpha value is -3.11. The van der Waals surface area contributed by atoms with Gasteiger partial charge in [-0.1, -0.05) is 78.3 Å². The van der Waals surface area contributed by atoms with Crippen LogP contribution in [0.5, 0.6) is 0 Å². The monoisotopic (exact) mass is 464 g/mol. The topological polar surface area (TPSA) is 63.6 Å². The van der Waals surface area contributed by atoms with Crippen molar-refractivity contribution in [2.24, 2.45) is 11.8 Å². The van der Waals surface area contributed by atoms with E-state index in [2.05, 4.69) is 0 Å². The molecule has 0 saturated heterocycles. The third kappa shape index (κ3) is 7.47. The zero-order valence-electron chi connectivity index (χ0n) is 18.7. The lowest BCUT2D eigenvalue weighted by molar-refractivity contribution is -0.150. The molecular weight excluding hydrogens is 436 g/mol. The van der Waals surface area contributed by atoms with Gasteiger partial charge in [0.25, 0.3) is 0 Å². The summed E-state index contributed by atoms with van der Waals surface area (Å²) in [6, 6.07) is 25.3. The highest BCUT2D eigenvalue weighted by Crippen LogP contribution is 2.26. The summed E-state index contributed by atoms with van der Waals surface area (Å²) in [5.74, 6) is -2.36. The molecule has 33 heavy (non-hydrogen) atoms. The first kappa shape index (κ1) is 24.5. The fraction of sp³-hybridized carbons (Fsp3) is 0.286. The summed E-state index contributed by atoms with van der Waals surface area (Å²) in [4.78, 5) is 24.6. The van der Waals surface area contributed by atoms with Gasteiger partial charge in [-0.2, -0.15) is 0 Å². The van der Waals surface area contributed by atoms with Crippen LogP contribution in [0, 0.1) is 11.8 Å². The fourth-order valence-corrected chi connectivity index (χ4v) is 4.17. The maximum Gasteiger partial charge on any atom is 0.308 e. The summed E-state index contributed by atoms with van der Waals surface area (Å²) < 4.78 is 5.25. The van der Waals surface area contributed by atoms with E-state index in [0.717, 1.165) is 22.3 Å². The standard InChI is InChI=1S/C28H29ClO4/c1-2-33-28(32)24(16-11-20-7-4-3-5-8-20)18-25(27(30)31)17-21-12-14-22(15-13-21)23-9-6-10-26(29)19-23/h3-10,12-15,19,24-25H,2,11,16-18H2,1H3,(H,30,31)/t24-,25-/m1/s1. The third-order valence-corrected chi connectivity index (χ3v) is 5.99. The van der Waals surface area contributed by atoms with E-state index in [1.165, 1.54) is 0 Å². The van der Waals surface area contributed by atoms with Crippen molar-refractivity contribution in [2.45, 2.75) is 32.6 Å². The van der Waals surface area contributed by atoms with Gasteiger partial charge in [-0.3, -0.25) is 9.59 Å². The average Bonchev–Trinajstić information content (AvgIpc) is 2.82. The molecule has 0 aliphatic carbocycles. The minimum Gasteiger partial charge on any atom is -0.481 e. The van der Waals surface area contributed by atoms with Crippen LogP contribution in [0.15, 0.2) is 78.9 Å². The number of aryl methyl sites for hydroxylation is 1. The van der Waals surface area contributed by atoms with Gasteiger partial charge in [-0.05, 0) is 67.0 Å². The maximum atomic E-state index is 12.6. The van der Waals surface area contributed by atoms with Crippen LogP contribution in [0.2, 0.25) is 5.02 Å². The molecule has 0 amide bonds. The molecule has 3 aromatic carbocycles. The smallest absolute Gasteiger partial charge is 0.308 e. The summed E-state index contributed by atoms with van der Waals surface area (Å²) in [7, 11) is 0. The molecule has 0 aromatic heterocycles. The average molecular weight is 465 g/mol. The number of carbonyl (C=O) groups is 2. The van der Waals surface area contributed by atoms with Crippen LogP contribution in [0.25, 0.3) is 11.1 Å². The van der Waals surface area contributed by atoms with Crippen molar-refractivity contribution in [2.75, 3.05) is 6.61 Å². The van der Waals surface area contributed by atoms with E-state index in [4.69, 9.17) is 16.3 Å². The molecule has 0 aliphatic rings. The normalized spacial score (nSPS) is 12.7. The number of esters is 1. The highest BCUT2D eigenvalue weighted by Gasteiger charge is 2.28. The minimum absolute atomic E-state index is 0.247. The molecule has 172 valence electrons. The molecule has 0 saturated carbocycles. The van der Waals surface area contributed by atoms with E-state index < -0.39 is 17.8 Å². The maximum absolute atomic E-state index is 12.6. The first-order chi connectivity index (χ1) is 16.0. The SMILES string of the molecule is CCOC(=O)[C@H](CCc1ccccc1)C[C@@H](Cc1ccc(-c2cccc(Cl)c2)cc1)C(=O)O. The number of carboxylic acid groups (broad SMARTS) is 1.